The Bertz CT molecular complexity index is 271. The van der Waals surface area contributed by atoms with Crippen LogP contribution in [0.15, 0.2) is 0 Å². The van der Waals surface area contributed by atoms with Gasteiger partial charge in [0.2, 0.25) is 5.91 Å². The SMILES string of the molecule is CCC1(C(=O)N(CCO)C2CC2)CCCNC1. The van der Waals surface area contributed by atoms with Crippen molar-refractivity contribution in [3.05, 3.63) is 0 Å². The van der Waals surface area contributed by atoms with E-state index in [4.69, 9.17) is 5.11 Å². The summed E-state index contributed by atoms with van der Waals surface area (Å²) in [5, 5.41) is 12.5. The van der Waals surface area contributed by atoms with Gasteiger partial charge >= 0.3 is 0 Å². The lowest BCUT2D eigenvalue weighted by Gasteiger charge is -2.39. The van der Waals surface area contributed by atoms with Crippen molar-refractivity contribution in [2.24, 2.45) is 5.41 Å². The molecule has 2 rings (SSSR count). The highest BCUT2D eigenvalue weighted by atomic mass is 16.3. The highest BCUT2D eigenvalue weighted by molar-refractivity contribution is 5.83. The van der Waals surface area contributed by atoms with Crippen molar-refractivity contribution in [2.45, 2.75) is 45.1 Å². The summed E-state index contributed by atoms with van der Waals surface area (Å²) in [7, 11) is 0. The van der Waals surface area contributed by atoms with E-state index in [0.717, 1.165) is 45.2 Å². The van der Waals surface area contributed by atoms with Crippen molar-refractivity contribution < 1.29 is 9.90 Å². The molecule has 4 nitrogen and oxygen atoms in total. The number of carbonyl (C=O) groups is 1. The van der Waals surface area contributed by atoms with Crippen molar-refractivity contribution in [2.75, 3.05) is 26.2 Å². The Morgan fingerprint density at radius 3 is 2.76 bits per heavy atom. The standard InChI is InChI=1S/C13H24N2O2/c1-2-13(6-3-7-14-10-13)12(17)15(8-9-16)11-4-5-11/h11,14,16H,2-10H2,1H3. The number of amides is 1. The zero-order valence-electron chi connectivity index (χ0n) is 10.7. The fourth-order valence-corrected chi connectivity index (χ4v) is 2.85. The minimum atomic E-state index is -0.212. The molecule has 0 aromatic rings. The molecule has 1 heterocycles. The fourth-order valence-electron chi connectivity index (χ4n) is 2.85. The van der Waals surface area contributed by atoms with Gasteiger partial charge in [0, 0.05) is 19.1 Å². The molecule has 0 aromatic carbocycles. The molecule has 1 amide bonds. The van der Waals surface area contributed by atoms with Gasteiger partial charge in [0.25, 0.3) is 0 Å². The van der Waals surface area contributed by atoms with Crippen LogP contribution < -0.4 is 5.32 Å². The van der Waals surface area contributed by atoms with Crippen molar-refractivity contribution in [3.63, 3.8) is 0 Å². The molecule has 2 fully saturated rings. The van der Waals surface area contributed by atoms with E-state index in [1.165, 1.54) is 0 Å². The number of hydrogen-bond acceptors (Lipinski definition) is 3. The summed E-state index contributed by atoms with van der Waals surface area (Å²) in [6, 6.07) is 0.403. The molecule has 2 N–H and O–H groups in total. The monoisotopic (exact) mass is 240 g/mol. The summed E-state index contributed by atoms with van der Waals surface area (Å²) < 4.78 is 0. The van der Waals surface area contributed by atoms with Crippen LogP contribution in [0.1, 0.15) is 39.0 Å². The highest BCUT2D eigenvalue weighted by Gasteiger charge is 2.44. The number of nitrogens with zero attached hydrogens (tertiary/aromatic N) is 1. The molecular weight excluding hydrogens is 216 g/mol. The van der Waals surface area contributed by atoms with Crippen molar-refractivity contribution in [1.29, 1.82) is 0 Å². The Hall–Kier alpha value is -0.610. The maximum atomic E-state index is 12.7. The second kappa shape index (κ2) is 5.36. The Morgan fingerprint density at radius 2 is 2.29 bits per heavy atom. The summed E-state index contributed by atoms with van der Waals surface area (Å²) in [6.45, 7) is 4.52. The summed E-state index contributed by atoms with van der Waals surface area (Å²) >= 11 is 0. The molecule has 1 saturated carbocycles. The molecule has 1 unspecified atom stereocenters. The van der Waals surface area contributed by atoms with E-state index >= 15 is 0 Å². The van der Waals surface area contributed by atoms with E-state index in [9.17, 15) is 4.79 Å². The number of nitrogens with one attached hydrogen (secondary N) is 1. The fraction of sp³-hybridized carbons (Fsp3) is 0.923. The van der Waals surface area contributed by atoms with Crippen LogP contribution in [0.5, 0.6) is 0 Å². The molecular formula is C13H24N2O2. The lowest BCUT2D eigenvalue weighted by atomic mass is 9.77. The molecule has 4 heteroatoms. The first-order valence-corrected chi connectivity index (χ1v) is 6.86. The van der Waals surface area contributed by atoms with Crippen molar-refractivity contribution in [3.8, 4) is 0 Å². The Labute approximate surface area is 103 Å². The topological polar surface area (TPSA) is 52.6 Å². The summed E-state index contributed by atoms with van der Waals surface area (Å²) in [5.41, 5.74) is -0.212. The van der Waals surface area contributed by atoms with Crippen LogP contribution in [0.2, 0.25) is 0 Å². The van der Waals surface area contributed by atoms with Gasteiger partial charge in [-0.05, 0) is 38.6 Å². The van der Waals surface area contributed by atoms with Gasteiger partial charge in [-0.3, -0.25) is 4.79 Å². The van der Waals surface area contributed by atoms with Gasteiger partial charge in [-0.2, -0.15) is 0 Å². The van der Waals surface area contributed by atoms with E-state index in [0.29, 0.717) is 12.6 Å². The number of rotatable bonds is 5. The predicted molar refractivity (Wildman–Crippen MR) is 66.6 cm³/mol. The average Bonchev–Trinajstić information content (AvgIpc) is 3.20. The third-order valence-corrected chi connectivity index (χ3v) is 4.19. The maximum absolute atomic E-state index is 12.7. The quantitative estimate of drug-likeness (QED) is 0.745. The van der Waals surface area contributed by atoms with Gasteiger partial charge in [-0.25, -0.2) is 0 Å². The second-order valence-electron chi connectivity index (χ2n) is 5.37. The molecule has 0 aromatic heterocycles. The van der Waals surface area contributed by atoms with Crippen LogP contribution in [0, 0.1) is 5.41 Å². The zero-order valence-corrected chi connectivity index (χ0v) is 10.7. The lowest BCUT2D eigenvalue weighted by molar-refractivity contribution is -0.144. The number of hydrogen-bond donors (Lipinski definition) is 2. The smallest absolute Gasteiger partial charge is 0.230 e. The van der Waals surface area contributed by atoms with E-state index in [1.807, 2.05) is 4.90 Å². The molecule has 0 bridgehead atoms. The first kappa shape index (κ1) is 12.8. The summed E-state index contributed by atoms with van der Waals surface area (Å²) in [4.78, 5) is 14.6. The largest absolute Gasteiger partial charge is 0.395 e. The first-order valence-electron chi connectivity index (χ1n) is 6.86. The van der Waals surface area contributed by atoms with E-state index in [-0.39, 0.29) is 17.9 Å². The molecule has 98 valence electrons. The van der Waals surface area contributed by atoms with Gasteiger partial charge < -0.3 is 15.3 Å². The van der Waals surface area contributed by atoms with E-state index in [2.05, 4.69) is 12.2 Å². The van der Waals surface area contributed by atoms with Gasteiger partial charge in [0.05, 0.1) is 12.0 Å². The Balaban J connectivity index is 2.08. The third-order valence-electron chi connectivity index (χ3n) is 4.19. The molecule has 1 aliphatic heterocycles. The highest BCUT2D eigenvalue weighted by Crippen LogP contribution is 2.36. The van der Waals surface area contributed by atoms with Crippen LogP contribution >= 0.6 is 0 Å². The molecule has 1 saturated heterocycles. The van der Waals surface area contributed by atoms with Crippen LogP contribution in [0.3, 0.4) is 0 Å². The molecule has 0 spiro atoms. The van der Waals surface area contributed by atoms with Crippen LogP contribution in [0.25, 0.3) is 0 Å². The summed E-state index contributed by atoms with van der Waals surface area (Å²) in [5.74, 6) is 0.267. The molecule has 2 aliphatic rings. The molecule has 0 radical (unpaired) electrons. The minimum Gasteiger partial charge on any atom is -0.395 e. The van der Waals surface area contributed by atoms with Crippen LogP contribution in [-0.4, -0.2) is 48.2 Å². The zero-order chi connectivity index (χ0) is 12.3. The average molecular weight is 240 g/mol. The molecule has 1 aliphatic carbocycles. The predicted octanol–water partition coefficient (Wildman–Crippen LogP) is 0.749. The minimum absolute atomic E-state index is 0.0788. The second-order valence-corrected chi connectivity index (χ2v) is 5.37. The number of carbonyl (C=O) groups excluding carboxylic acids is 1. The van der Waals surface area contributed by atoms with E-state index < -0.39 is 0 Å². The van der Waals surface area contributed by atoms with Crippen molar-refractivity contribution in [1.82, 2.24) is 10.2 Å². The first-order chi connectivity index (χ1) is 8.23. The third kappa shape index (κ3) is 2.63. The van der Waals surface area contributed by atoms with Crippen molar-refractivity contribution >= 4 is 5.91 Å². The molecule has 1 atom stereocenters. The van der Waals surface area contributed by atoms with Gasteiger partial charge in [0.15, 0.2) is 0 Å². The Morgan fingerprint density at radius 1 is 1.53 bits per heavy atom. The maximum Gasteiger partial charge on any atom is 0.230 e. The van der Waals surface area contributed by atoms with Gasteiger partial charge in [-0.1, -0.05) is 6.92 Å². The van der Waals surface area contributed by atoms with Gasteiger partial charge in [-0.15, -0.1) is 0 Å². The molecule has 17 heavy (non-hydrogen) atoms. The summed E-state index contributed by atoms with van der Waals surface area (Å²) in [6.07, 6.45) is 5.19. The number of piperidine rings is 1. The van der Waals surface area contributed by atoms with Gasteiger partial charge in [0.1, 0.15) is 0 Å². The number of aliphatic hydroxyl groups excluding tert-OH is 1. The van der Waals surface area contributed by atoms with Crippen LogP contribution in [-0.2, 0) is 4.79 Å². The number of aliphatic hydroxyl groups is 1. The normalized spacial score (nSPS) is 29.1. The van der Waals surface area contributed by atoms with E-state index in [1.54, 1.807) is 0 Å². The Kier molecular flexibility index (Phi) is 4.05. The van der Waals surface area contributed by atoms with Crippen LogP contribution in [0.4, 0.5) is 0 Å². The lowest BCUT2D eigenvalue weighted by Crippen LogP contribution is -2.52.